The average Bonchev–Trinajstić information content (AvgIpc) is 3.14. The number of rotatable bonds is 3. The molecule has 1 aliphatic rings. The zero-order valence-electron chi connectivity index (χ0n) is 13.9. The van der Waals surface area contributed by atoms with Crippen LogP contribution in [0.4, 0.5) is 10.5 Å². The molecule has 23 heavy (non-hydrogen) atoms. The van der Waals surface area contributed by atoms with Gasteiger partial charge in [-0.25, -0.2) is 4.79 Å². The zero-order valence-corrected chi connectivity index (χ0v) is 13.9. The molecule has 0 spiro atoms. The van der Waals surface area contributed by atoms with Gasteiger partial charge in [0.15, 0.2) is 5.76 Å². The fourth-order valence-electron chi connectivity index (χ4n) is 3.19. The first-order chi connectivity index (χ1) is 11.1. The Labute approximate surface area is 135 Å². The molecular formula is C16H23N5O2. The lowest BCUT2D eigenvalue weighted by Crippen LogP contribution is -2.42. The Balaban J connectivity index is 1.82. The third kappa shape index (κ3) is 2.95. The van der Waals surface area contributed by atoms with E-state index in [0.717, 1.165) is 43.6 Å². The maximum atomic E-state index is 12.8. The lowest BCUT2D eigenvalue weighted by atomic mass is 9.99. The molecule has 2 amide bonds. The quantitative estimate of drug-likeness (QED) is 0.944. The third-order valence-electron chi connectivity index (χ3n) is 4.46. The molecule has 1 N–H and O–H groups in total. The number of anilines is 1. The van der Waals surface area contributed by atoms with Crippen molar-refractivity contribution in [2.24, 2.45) is 7.05 Å². The molecule has 124 valence electrons. The van der Waals surface area contributed by atoms with Gasteiger partial charge < -0.3 is 14.7 Å². The zero-order chi connectivity index (χ0) is 16.4. The summed E-state index contributed by atoms with van der Waals surface area (Å²) in [6.45, 7) is 4.55. The molecule has 2 aromatic rings. The second-order valence-electron chi connectivity index (χ2n) is 5.93. The minimum absolute atomic E-state index is 0.0569. The summed E-state index contributed by atoms with van der Waals surface area (Å²) in [5, 5.41) is 11.2. The molecule has 1 atom stereocenters. The van der Waals surface area contributed by atoms with Gasteiger partial charge in [-0.15, -0.1) is 0 Å². The normalized spacial score (nSPS) is 18.2. The van der Waals surface area contributed by atoms with Crippen LogP contribution in [0.2, 0.25) is 0 Å². The van der Waals surface area contributed by atoms with Crippen molar-refractivity contribution >= 4 is 11.7 Å². The SMILES string of the molecule is CCc1noc(C)c1NC(=O)N1CCCC[C@@H]1c1ccnn1C. The van der Waals surface area contributed by atoms with Gasteiger partial charge in [0, 0.05) is 19.8 Å². The highest BCUT2D eigenvalue weighted by atomic mass is 16.5. The molecule has 7 heteroatoms. The Morgan fingerprint density at radius 2 is 2.30 bits per heavy atom. The predicted octanol–water partition coefficient (Wildman–Crippen LogP) is 3.04. The van der Waals surface area contributed by atoms with E-state index in [0.29, 0.717) is 11.4 Å². The van der Waals surface area contributed by atoms with E-state index < -0.39 is 0 Å². The molecule has 3 heterocycles. The second-order valence-corrected chi connectivity index (χ2v) is 5.93. The number of aryl methyl sites for hydroxylation is 3. The molecule has 2 aromatic heterocycles. The molecular weight excluding hydrogens is 294 g/mol. The summed E-state index contributed by atoms with van der Waals surface area (Å²) in [4.78, 5) is 14.7. The van der Waals surface area contributed by atoms with Crippen molar-refractivity contribution in [2.75, 3.05) is 11.9 Å². The molecule has 0 saturated carbocycles. The number of amides is 2. The molecule has 0 aromatic carbocycles. The summed E-state index contributed by atoms with van der Waals surface area (Å²) in [5.41, 5.74) is 2.55. The van der Waals surface area contributed by atoms with E-state index in [2.05, 4.69) is 15.6 Å². The van der Waals surface area contributed by atoms with Crippen LogP contribution < -0.4 is 5.32 Å². The minimum atomic E-state index is -0.100. The Bertz CT molecular complexity index is 690. The van der Waals surface area contributed by atoms with Gasteiger partial charge in [0.25, 0.3) is 0 Å². The van der Waals surface area contributed by atoms with E-state index in [1.165, 1.54) is 0 Å². The number of carbonyl (C=O) groups excluding carboxylic acids is 1. The van der Waals surface area contributed by atoms with E-state index in [1.807, 2.05) is 36.5 Å². The number of hydrogen-bond acceptors (Lipinski definition) is 4. The Morgan fingerprint density at radius 1 is 1.48 bits per heavy atom. The van der Waals surface area contributed by atoms with Crippen LogP contribution >= 0.6 is 0 Å². The van der Waals surface area contributed by atoms with Gasteiger partial charge in [-0.3, -0.25) is 4.68 Å². The first kappa shape index (κ1) is 15.6. The van der Waals surface area contributed by atoms with Crippen molar-refractivity contribution in [3.8, 4) is 0 Å². The summed E-state index contributed by atoms with van der Waals surface area (Å²) in [7, 11) is 1.92. The molecule has 0 aliphatic carbocycles. The average molecular weight is 317 g/mol. The highest BCUT2D eigenvalue weighted by Crippen LogP contribution is 2.31. The third-order valence-corrected chi connectivity index (χ3v) is 4.46. The summed E-state index contributed by atoms with van der Waals surface area (Å²) in [6.07, 6.45) is 5.59. The fourth-order valence-corrected chi connectivity index (χ4v) is 3.19. The number of aromatic nitrogens is 3. The molecule has 1 aliphatic heterocycles. The van der Waals surface area contributed by atoms with E-state index in [9.17, 15) is 4.79 Å². The van der Waals surface area contributed by atoms with Gasteiger partial charge >= 0.3 is 6.03 Å². The lowest BCUT2D eigenvalue weighted by molar-refractivity contribution is 0.159. The van der Waals surface area contributed by atoms with Gasteiger partial charge in [0.1, 0.15) is 11.4 Å². The first-order valence-electron chi connectivity index (χ1n) is 8.12. The van der Waals surface area contributed by atoms with Crippen molar-refractivity contribution in [1.82, 2.24) is 19.8 Å². The number of carbonyl (C=O) groups is 1. The van der Waals surface area contributed by atoms with Gasteiger partial charge in [0.2, 0.25) is 0 Å². The van der Waals surface area contributed by atoms with E-state index >= 15 is 0 Å². The molecule has 0 bridgehead atoms. The standard InChI is InChI=1S/C16H23N5O2/c1-4-12-15(11(2)23-19-12)18-16(22)21-10-6-5-7-14(21)13-8-9-17-20(13)3/h8-9,14H,4-7,10H2,1-3H3,(H,18,22)/t14-/m1/s1. The molecule has 1 fully saturated rings. The van der Waals surface area contributed by atoms with E-state index in [1.54, 1.807) is 6.20 Å². The molecule has 3 rings (SSSR count). The van der Waals surface area contributed by atoms with Crippen molar-refractivity contribution in [2.45, 2.75) is 45.6 Å². The molecule has 1 saturated heterocycles. The Kier molecular flexibility index (Phi) is 4.36. The monoisotopic (exact) mass is 317 g/mol. The number of nitrogens with one attached hydrogen (secondary N) is 1. The van der Waals surface area contributed by atoms with Gasteiger partial charge in [-0.1, -0.05) is 12.1 Å². The van der Waals surface area contributed by atoms with E-state index in [4.69, 9.17) is 4.52 Å². The van der Waals surface area contributed by atoms with Crippen LogP contribution in [0.3, 0.4) is 0 Å². The summed E-state index contributed by atoms with van der Waals surface area (Å²) < 4.78 is 7.04. The number of piperidine rings is 1. The van der Waals surface area contributed by atoms with Crippen LogP contribution in [0.5, 0.6) is 0 Å². The first-order valence-corrected chi connectivity index (χ1v) is 8.12. The fraction of sp³-hybridized carbons (Fsp3) is 0.562. The van der Waals surface area contributed by atoms with Crippen LogP contribution in [0.25, 0.3) is 0 Å². The van der Waals surface area contributed by atoms with Crippen LogP contribution in [0, 0.1) is 6.92 Å². The molecule has 0 unspecified atom stereocenters. The lowest BCUT2D eigenvalue weighted by Gasteiger charge is -2.35. The minimum Gasteiger partial charge on any atom is -0.359 e. The van der Waals surface area contributed by atoms with Crippen molar-refractivity contribution in [1.29, 1.82) is 0 Å². The topological polar surface area (TPSA) is 76.2 Å². The number of urea groups is 1. The summed E-state index contributed by atoms with van der Waals surface area (Å²) >= 11 is 0. The van der Waals surface area contributed by atoms with Crippen LogP contribution in [0.15, 0.2) is 16.8 Å². The molecule has 7 nitrogen and oxygen atoms in total. The van der Waals surface area contributed by atoms with Crippen LogP contribution in [0.1, 0.15) is 49.4 Å². The van der Waals surface area contributed by atoms with Crippen LogP contribution in [-0.2, 0) is 13.5 Å². The van der Waals surface area contributed by atoms with Crippen LogP contribution in [-0.4, -0.2) is 32.4 Å². The van der Waals surface area contributed by atoms with Crippen molar-refractivity contribution < 1.29 is 9.32 Å². The molecule has 0 radical (unpaired) electrons. The van der Waals surface area contributed by atoms with E-state index in [-0.39, 0.29) is 12.1 Å². The number of hydrogen-bond donors (Lipinski definition) is 1. The van der Waals surface area contributed by atoms with Crippen molar-refractivity contribution in [3.05, 3.63) is 29.4 Å². The Morgan fingerprint density at radius 3 is 3.00 bits per heavy atom. The summed E-state index contributed by atoms with van der Waals surface area (Å²) in [6, 6.07) is 1.94. The second kappa shape index (κ2) is 6.44. The largest absolute Gasteiger partial charge is 0.359 e. The van der Waals surface area contributed by atoms with Crippen molar-refractivity contribution in [3.63, 3.8) is 0 Å². The predicted molar refractivity (Wildman–Crippen MR) is 86.1 cm³/mol. The highest BCUT2D eigenvalue weighted by Gasteiger charge is 2.30. The maximum absolute atomic E-state index is 12.8. The maximum Gasteiger partial charge on any atom is 0.322 e. The van der Waals surface area contributed by atoms with Gasteiger partial charge in [-0.2, -0.15) is 5.10 Å². The highest BCUT2D eigenvalue weighted by molar-refractivity contribution is 5.90. The van der Waals surface area contributed by atoms with Gasteiger partial charge in [-0.05, 0) is 38.7 Å². The van der Waals surface area contributed by atoms with Gasteiger partial charge in [0.05, 0.1) is 11.7 Å². The number of likely N-dealkylation sites (tertiary alicyclic amines) is 1. The summed E-state index contributed by atoms with van der Waals surface area (Å²) in [5.74, 6) is 0.643. The smallest absolute Gasteiger partial charge is 0.322 e. The Hall–Kier alpha value is -2.31. The number of nitrogens with zero attached hydrogens (tertiary/aromatic N) is 4.